The first kappa shape index (κ1) is 16.0. The third-order valence-electron chi connectivity index (χ3n) is 2.66. The second-order valence-electron chi connectivity index (χ2n) is 5.68. The maximum atomic E-state index is 12.1. The van der Waals surface area contributed by atoms with Gasteiger partial charge in [-0.3, -0.25) is 4.79 Å². The van der Waals surface area contributed by atoms with Crippen LogP contribution in [0.15, 0.2) is 18.2 Å². The first-order valence-electron chi connectivity index (χ1n) is 6.44. The highest BCUT2D eigenvalue weighted by Gasteiger charge is 2.24. The van der Waals surface area contributed by atoms with Gasteiger partial charge in [-0.2, -0.15) is 0 Å². The van der Waals surface area contributed by atoms with Gasteiger partial charge in [0.25, 0.3) is 5.91 Å². The molecule has 1 aromatic rings. The van der Waals surface area contributed by atoms with Crippen molar-refractivity contribution in [2.75, 3.05) is 0 Å². The summed E-state index contributed by atoms with van der Waals surface area (Å²) in [4.78, 5) is 23.9. The number of aromatic hydroxyl groups is 1. The average Bonchev–Trinajstić information content (AvgIpc) is 2.30. The van der Waals surface area contributed by atoms with Crippen LogP contribution in [0.5, 0.6) is 5.75 Å². The van der Waals surface area contributed by atoms with E-state index in [1.165, 1.54) is 6.07 Å². The molecule has 0 saturated carbocycles. The number of benzene rings is 1. The number of carbonyl (C=O) groups excluding carboxylic acids is 2. The van der Waals surface area contributed by atoms with E-state index in [9.17, 15) is 14.7 Å². The molecule has 0 spiro atoms. The fourth-order valence-corrected chi connectivity index (χ4v) is 1.59. The molecule has 20 heavy (non-hydrogen) atoms. The number of carbonyl (C=O) groups is 2. The largest absolute Gasteiger partial charge is 0.508 e. The lowest BCUT2D eigenvalue weighted by atomic mass is 10.1. The third-order valence-corrected chi connectivity index (χ3v) is 2.66. The van der Waals surface area contributed by atoms with Crippen molar-refractivity contribution >= 4 is 11.9 Å². The normalized spacial score (nSPS) is 12.7. The number of ether oxygens (including phenoxy) is 1. The zero-order valence-corrected chi connectivity index (χ0v) is 12.5. The van der Waals surface area contributed by atoms with E-state index in [2.05, 4.69) is 5.32 Å². The molecule has 1 amide bonds. The predicted octanol–water partition coefficient (Wildman–Crippen LogP) is 2.16. The maximum Gasteiger partial charge on any atom is 0.328 e. The van der Waals surface area contributed by atoms with Crippen LogP contribution in [0.1, 0.15) is 43.6 Å². The molecule has 0 aliphatic rings. The van der Waals surface area contributed by atoms with E-state index < -0.39 is 23.5 Å². The van der Waals surface area contributed by atoms with Crippen LogP contribution in [0.4, 0.5) is 0 Å². The molecule has 1 rings (SSSR count). The molecule has 1 aromatic carbocycles. The van der Waals surface area contributed by atoms with Crippen LogP contribution in [-0.4, -0.2) is 28.6 Å². The predicted molar refractivity (Wildman–Crippen MR) is 75.6 cm³/mol. The Hall–Kier alpha value is -2.04. The molecule has 110 valence electrons. The number of hydrogen-bond acceptors (Lipinski definition) is 4. The minimum Gasteiger partial charge on any atom is -0.508 e. The topological polar surface area (TPSA) is 75.6 Å². The van der Waals surface area contributed by atoms with E-state index in [0.29, 0.717) is 11.1 Å². The second kappa shape index (κ2) is 5.94. The molecule has 5 heteroatoms. The van der Waals surface area contributed by atoms with Gasteiger partial charge in [0.1, 0.15) is 17.4 Å². The van der Waals surface area contributed by atoms with E-state index in [4.69, 9.17) is 4.74 Å². The summed E-state index contributed by atoms with van der Waals surface area (Å²) < 4.78 is 5.19. The number of rotatable bonds is 3. The lowest BCUT2D eigenvalue weighted by Gasteiger charge is -2.22. The van der Waals surface area contributed by atoms with E-state index in [1.54, 1.807) is 46.8 Å². The van der Waals surface area contributed by atoms with Crippen molar-refractivity contribution < 1.29 is 19.4 Å². The van der Waals surface area contributed by atoms with Crippen LogP contribution in [0.2, 0.25) is 0 Å². The summed E-state index contributed by atoms with van der Waals surface area (Å²) in [6.45, 7) is 8.49. The van der Waals surface area contributed by atoms with Crippen molar-refractivity contribution in [3.63, 3.8) is 0 Å². The Morgan fingerprint density at radius 1 is 1.30 bits per heavy atom. The first-order valence-corrected chi connectivity index (χ1v) is 6.44. The van der Waals surface area contributed by atoms with Gasteiger partial charge >= 0.3 is 5.97 Å². The van der Waals surface area contributed by atoms with Gasteiger partial charge in [0.2, 0.25) is 0 Å². The molecule has 2 N–H and O–H groups in total. The van der Waals surface area contributed by atoms with Gasteiger partial charge in [0, 0.05) is 11.1 Å². The number of nitrogens with one attached hydrogen (secondary N) is 1. The van der Waals surface area contributed by atoms with Gasteiger partial charge < -0.3 is 15.2 Å². The lowest BCUT2D eigenvalue weighted by molar-refractivity contribution is -0.156. The summed E-state index contributed by atoms with van der Waals surface area (Å²) in [5, 5.41) is 12.1. The highest BCUT2D eigenvalue weighted by atomic mass is 16.6. The Morgan fingerprint density at radius 2 is 1.90 bits per heavy atom. The fourth-order valence-electron chi connectivity index (χ4n) is 1.59. The maximum absolute atomic E-state index is 12.1. The molecule has 0 fully saturated rings. The monoisotopic (exact) mass is 279 g/mol. The first-order chi connectivity index (χ1) is 9.11. The summed E-state index contributed by atoms with van der Waals surface area (Å²) in [7, 11) is 0. The zero-order chi connectivity index (χ0) is 15.5. The Kier molecular flexibility index (Phi) is 4.76. The van der Waals surface area contributed by atoms with Crippen molar-refractivity contribution in [2.45, 2.75) is 46.3 Å². The van der Waals surface area contributed by atoms with Gasteiger partial charge in [-0.05, 0) is 46.8 Å². The summed E-state index contributed by atoms with van der Waals surface area (Å²) >= 11 is 0. The number of phenolic OH excluding ortho intramolecular Hbond substituents is 1. The van der Waals surface area contributed by atoms with Crippen molar-refractivity contribution in [3.05, 3.63) is 29.3 Å². The minimum absolute atomic E-state index is 0.0440. The smallest absolute Gasteiger partial charge is 0.328 e. The van der Waals surface area contributed by atoms with Crippen molar-refractivity contribution in [1.82, 2.24) is 5.32 Å². The van der Waals surface area contributed by atoms with Crippen molar-refractivity contribution in [3.8, 4) is 5.75 Å². The molecule has 0 bridgehead atoms. The molecular weight excluding hydrogens is 258 g/mol. The van der Waals surface area contributed by atoms with Crippen LogP contribution in [0.3, 0.4) is 0 Å². The van der Waals surface area contributed by atoms with Crippen LogP contribution in [0.25, 0.3) is 0 Å². The molecule has 0 heterocycles. The number of amides is 1. The quantitative estimate of drug-likeness (QED) is 0.831. The number of phenols is 1. The molecular formula is C15H21NO4. The van der Waals surface area contributed by atoms with Crippen LogP contribution < -0.4 is 5.32 Å². The second-order valence-corrected chi connectivity index (χ2v) is 5.68. The van der Waals surface area contributed by atoms with Crippen LogP contribution >= 0.6 is 0 Å². The molecule has 0 unspecified atom stereocenters. The number of esters is 1. The molecule has 0 saturated heterocycles. The van der Waals surface area contributed by atoms with Crippen molar-refractivity contribution in [2.24, 2.45) is 0 Å². The molecule has 0 aliphatic heterocycles. The summed E-state index contributed by atoms with van der Waals surface area (Å²) in [5.74, 6) is -0.872. The van der Waals surface area contributed by atoms with E-state index in [0.717, 1.165) is 0 Å². The summed E-state index contributed by atoms with van der Waals surface area (Å²) in [6.07, 6.45) is 0. The van der Waals surface area contributed by atoms with Gasteiger partial charge in [-0.15, -0.1) is 0 Å². The SMILES string of the molecule is Cc1c(O)cccc1C(=O)N[C@@H](C)C(=O)OC(C)(C)C. The van der Waals surface area contributed by atoms with E-state index in [-0.39, 0.29) is 5.75 Å². The van der Waals surface area contributed by atoms with Gasteiger partial charge in [0.05, 0.1) is 0 Å². The molecule has 1 atom stereocenters. The summed E-state index contributed by atoms with van der Waals surface area (Å²) in [6, 6.07) is 3.91. The fraction of sp³-hybridized carbons (Fsp3) is 0.467. The van der Waals surface area contributed by atoms with Crippen LogP contribution in [-0.2, 0) is 9.53 Å². The highest BCUT2D eigenvalue weighted by molar-refractivity contribution is 5.98. The zero-order valence-electron chi connectivity index (χ0n) is 12.5. The van der Waals surface area contributed by atoms with Gasteiger partial charge in [-0.1, -0.05) is 6.07 Å². The number of hydrogen-bond donors (Lipinski definition) is 2. The Labute approximate surface area is 118 Å². The van der Waals surface area contributed by atoms with Crippen LogP contribution in [0, 0.1) is 6.92 Å². The van der Waals surface area contributed by atoms with Crippen molar-refractivity contribution in [1.29, 1.82) is 0 Å². The third kappa shape index (κ3) is 4.26. The Balaban J connectivity index is 2.76. The van der Waals surface area contributed by atoms with E-state index >= 15 is 0 Å². The molecule has 0 radical (unpaired) electrons. The van der Waals surface area contributed by atoms with Gasteiger partial charge in [0.15, 0.2) is 0 Å². The highest BCUT2D eigenvalue weighted by Crippen LogP contribution is 2.19. The van der Waals surface area contributed by atoms with Gasteiger partial charge in [-0.25, -0.2) is 4.79 Å². The minimum atomic E-state index is -0.761. The molecule has 0 aromatic heterocycles. The molecule has 0 aliphatic carbocycles. The molecule has 5 nitrogen and oxygen atoms in total. The lowest BCUT2D eigenvalue weighted by Crippen LogP contribution is -2.42. The Morgan fingerprint density at radius 3 is 2.45 bits per heavy atom. The standard InChI is InChI=1S/C15H21NO4/c1-9-11(7-6-8-12(9)17)13(18)16-10(2)14(19)20-15(3,4)5/h6-8,10,17H,1-5H3,(H,16,18)/t10-/m0/s1. The summed E-state index contributed by atoms with van der Waals surface area (Å²) in [5.41, 5.74) is 0.207. The van der Waals surface area contributed by atoms with E-state index in [1.807, 2.05) is 0 Å². The Bertz CT molecular complexity index is 517. The average molecular weight is 279 g/mol.